The van der Waals surface area contributed by atoms with Gasteiger partial charge in [0.25, 0.3) is 0 Å². The van der Waals surface area contributed by atoms with Crippen molar-refractivity contribution in [2.45, 2.75) is 0 Å². The van der Waals surface area contributed by atoms with Crippen LogP contribution >= 0.6 is 0 Å². The summed E-state index contributed by atoms with van der Waals surface area (Å²) in [6.07, 6.45) is 0.653. The van der Waals surface area contributed by atoms with E-state index in [1.54, 1.807) is 0 Å². The van der Waals surface area contributed by atoms with Crippen molar-refractivity contribution in [1.82, 2.24) is 0 Å². The fraction of sp³-hybridized carbons (Fsp3) is 0. The summed E-state index contributed by atoms with van der Waals surface area (Å²) in [5.74, 6) is -4.55. The molecule has 0 saturated heterocycles. The molecule has 0 spiro atoms. The van der Waals surface area contributed by atoms with Gasteiger partial charge in [-0.15, -0.1) is 0 Å². The maximum atomic E-state index is 10.6. The van der Waals surface area contributed by atoms with Gasteiger partial charge in [0.1, 0.15) is 0 Å². The van der Waals surface area contributed by atoms with Crippen LogP contribution in [0.2, 0.25) is 0 Å². The maximum Gasteiger partial charge on any atom is 3.00 e. The van der Waals surface area contributed by atoms with E-state index in [1.807, 2.05) is 0 Å². The molecule has 0 aliphatic rings. The molecule has 0 fully saturated rings. The van der Waals surface area contributed by atoms with Gasteiger partial charge in [0.05, 0.1) is 36.9 Å². The van der Waals surface area contributed by atoms with Crippen LogP contribution in [0.4, 0.5) is 13.2 Å². The first-order chi connectivity index (χ1) is 8.31. The van der Waals surface area contributed by atoms with E-state index in [9.17, 15) is 13.2 Å². The Morgan fingerprint density at radius 3 is 0.789 bits per heavy atom. The van der Waals surface area contributed by atoms with Crippen molar-refractivity contribution in [2.24, 2.45) is 0 Å². The summed E-state index contributed by atoms with van der Waals surface area (Å²) in [4.78, 5) is 27.5. The van der Waals surface area contributed by atoms with Gasteiger partial charge in [-0.25, -0.2) is 13.2 Å². The Hall–Kier alpha value is -1.71. The van der Waals surface area contributed by atoms with E-state index in [0.29, 0.717) is 18.2 Å². The molecule has 0 aromatic heterocycles. The van der Waals surface area contributed by atoms with E-state index < -0.39 is 17.9 Å². The van der Waals surface area contributed by atoms with Crippen LogP contribution in [-0.2, 0) is 14.4 Å². The van der Waals surface area contributed by atoms with Crippen LogP contribution in [0, 0.1) is 0 Å². The minimum Gasteiger partial charge on any atom is -0.545 e. The summed E-state index contributed by atoms with van der Waals surface area (Å²) < 4.78 is 31.9. The monoisotopic (exact) mass is 382 g/mol. The van der Waals surface area contributed by atoms with Crippen LogP contribution in [0.1, 0.15) is 0 Å². The molecule has 0 aromatic rings. The molecule has 0 aliphatic carbocycles. The molecular formula is C9H6F3InO6. The summed E-state index contributed by atoms with van der Waals surface area (Å²) in [6.45, 7) is 0. The molecule has 6 nitrogen and oxygen atoms in total. The SMILES string of the molecule is O=C([O-])/C=C/F.O=C([O-])/C=C/F.O=C([O-])/C=C/F.[In+3]. The van der Waals surface area contributed by atoms with Gasteiger partial charge in [-0.3, -0.25) is 0 Å². The van der Waals surface area contributed by atoms with Gasteiger partial charge in [-0.05, 0) is 18.2 Å². The standard InChI is InChI=1S/3C3H3FO2.In/c3*4-2-1-3(5)6;/h3*1-2H,(H,5,6);/q;;;+3/p-3/b3*2-1+;. The van der Waals surface area contributed by atoms with Crippen molar-refractivity contribution in [1.29, 1.82) is 0 Å². The van der Waals surface area contributed by atoms with Crippen molar-refractivity contribution in [3.8, 4) is 0 Å². The molecule has 0 radical (unpaired) electrons. The second-order valence-electron chi connectivity index (χ2n) is 1.84. The summed E-state index contributed by atoms with van der Waals surface area (Å²) in [5.41, 5.74) is 0. The van der Waals surface area contributed by atoms with Crippen LogP contribution in [0.25, 0.3) is 0 Å². The Morgan fingerprint density at radius 2 is 0.789 bits per heavy atom. The number of carbonyl (C=O) groups is 3. The molecule has 0 N–H and O–H groups in total. The number of rotatable bonds is 3. The molecule has 0 amide bonds. The van der Waals surface area contributed by atoms with Crippen LogP contribution < -0.4 is 15.3 Å². The second kappa shape index (κ2) is 21.6. The van der Waals surface area contributed by atoms with Gasteiger partial charge in [0, 0.05) is 0 Å². The Morgan fingerprint density at radius 1 is 0.632 bits per heavy atom. The minimum absolute atomic E-state index is 0. The summed E-state index contributed by atoms with van der Waals surface area (Å²) >= 11 is 0. The van der Waals surface area contributed by atoms with Gasteiger partial charge >= 0.3 is 25.8 Å². The minimum atomic E-state index is -1.52. The molecule has 0 heterocycles. The third-order valence-corrected chi connectivity index (χ3v) is 0.597. The molecule has 102 valence electrons. The van der Waals surface area contributed by atoms with Crippen LogP contribution in [-0.4, -0.2) is 43.8 Å². The quantitative estimate of drug-likeness (QED) is 0.489. The molecule has 0 unspecified atom stereocenters. The molecule has 0 aromatic carbocycles. The number of carbonyl (C=O) groups excluding carboxylic acids is 3. The number of hydrogen-bond acceptors (Lipinski definition) is 6. The smallest absolute Gasteiger partial charge is 0.545 e. The molecular weight excluding hydrogens is 376 g/mol. The topological polar surface area (TPSA) is 120 Å². The van der Waals surface area contributed by atoms with Gasteiger partial charge in [-0.2, -0.15) is 0 Å². The third-order valence-electron chi connectivity index (χ3n) is 0.597. The number of halogens is 3. The van der Waals surface area contributed by atoms with Gasteiger partial charge in [0.15, 0.2) is 0 Å². The normalized spacial score (nSPS) is 9.00. The number of hydrogen-bond donors (Lipinski definition) is 0. The predicted molar refractivity (Wildman–Crippen MR) is 51.5 cm³/mol. The van der Waals surface area contributed by atoms with Crippen molar-refractivity contribution in [3.05, 3.63) is 37.2 Å². The van der Waals surface area contributed by atoms with Crippen molar-refractivity contribution >= 4 is 43.8 Å². The predicted octanol–water partition coefficient (Wildman–Crippen LogP) is -2.72. The maximum absolute atomic E-state index is 10.6. The van der Waals surface area contributed by atoms with Crippen LogP contribution in [0.15, 0.2) is 37.2 Å². The Labute approximate surface area is 124 Å². The number of aliphatic carboxylic acids is 3. The zero-order valence-electron chi connectivity index (χ0n) is 9.12. The molecule has 0 bridgehead atoms. The van der Waals surface area contributed by atoms with Crippen molar-refractivity contribution < 1.29 is 42.9 Å². The molecule has 10 heteroatoms. The number of carboxylic acid groups (broad SMARTS) is 3. The molecule has 0 aliphatic heterocycles. The Kier molecular flexibility index (Phi) is 29.5. The summed E-state index contributed by atoms with van der Waals surface area (Å²) in [5, 5.41) is 27.5. The van der Waals surface area contributed by atoms with E-state index in [1.165, 1.54) is 0 Å². The van der Waals surface area contributed by atoms with Crippen LogP contribution in [0.3, 0.4) is 0 Å². The van der Waals surface area contributed by atoms with E-state index in [-0.39, 0.29) is 44.8 Å². The zero-order valence-corrected chi connectivity index (χ0v) is 12.4. The summed E-state index contributed by atoms with van der Waals surface area (Å²) in [7, 11) is 0. The van der Waals surface area contributed by atoms with E-state index in [4.69, 9.17) is 29.7 Å². The third kappa shape index (κ3) is 62.6. The van der Waals surface area contributed by atoms with Gasteiger partial charge < -0.3 is 29.7 Å². The van der Waals surface area contributed by atoms with Gasteiger partial charge in [-0.1, -0.05) is 0 Å². The van der Waals surface area contributed by atoms with Crippen LogP contribution in [0.5, 0.6) is 0 Å². The van der Waals surface area contributed by atoms with Crippen molar-refractivity contribution in [3.63, 3.8) is 0 Å². The molecule has 19 heavy (non-hydrogen) atoms. The first-order valence-electron chi connectivity index (χ1n) is 3.75. The Bertz CT molecular complexity index is 289. The van der Waals surface area contributed by atoms with E-state index in [2.05, 4.69) is 0 Å². The first-order valence-corrected chi connectivity index (χ1v) is 3.75. The average Bonchev–Trinajstić information content (AvgIpc) is 2.18. The Balaban J connectivity index is -0.0000000865. The second-order valence-corrected chi connectivity index (χ2v) is 1.84. The summed E-state index contributed by atoms with van der Waals surface area (Å²) in [6, 6.07) is 0. The van der Waals surface area contributed by atoms with Crippen molar-refractivity contribution in [2.75, 3.05) is 0 Å². The van der Waals surface area contributed by atoms with Gasteiger partial charge in [0.2, 0.25) is 0 Å². The molecule has 0 atom stereocenters. The van der Waals surface area contributed by atoms with E-state index >= 15 is 0 Å². The van der Waals surface area contributed by atoms with E-state index in [0.717, 1.165) is 0 Å². The number of carboxylic acids is 3. The zero-order chi connectivity index (χ0) is 15.0. The average molecular weight is 382 g/mol. The molecule has 0 rings (SSSR count). The fourth-order valence-electron chi connectivity index (χ4n) is 0.154. The largest absolute Gasteiger partial charge is 3.00 e. The first kappa shape index (κ1) is 26.0. The molecule has 0 saturated carbocycles. The fourth-order valence-corrected chi connectivity index (χ4v) is 0.154.